The fraction of sp³-hybridized carbons (Fsp3) is 0.375. The van der Waals surface area contributed by atoms with Gasteiger partial charge in [-0.2, -0.15) is 0 Å². The molecule has 0 aromatic heterocycles. The van der Waals surface area contributed by atoms with E-state index in [-0.39, 0.29) is 0 Å². The number of allylic oxidation sites excluding steroid dienone is 3. The van der Waals surface area contributed by atoms with E-state index in [1.54, 1.807) is 6.34 Å². The molecule has 2 nitrogen and oxygen atoms in total. The van der Waals surface area contributed by atoms with Gasteiger partial charge in [0.15, 0.2) is 0 Å². The highest BCUT2D eigenvalue weighted by Gasteiger charge is 1.77. The van der Waals surface area contributed by atoms with Crippen LogP contribution in [0.25, 0.3) is 0 Å². The molecule has 0 rings (SSSR count). The first-order valence-electron chi connectivity index (χ1n) is 3.24. The summed E-state index contributed by atoms with van der Waals surface area (Å²) in [5.74, 6) is 0. The van der Waals surface area contributed by atoms with Crippen LogP contribution in [0.4, 0.5) is 0 Å². The summed E-state index contributed by atoms with van der Waals surface area (Å²) in [6.45, 7) is 9.43. The molecule has 0 saturated carbocycles. The van der Waals surface area contributed by atoms with Gasteiger partial charge >= 0.3 is 0 Å². The molecular formula is C8H14N2. The van der Waals surface area contributed by atoms with Crippen LogP contribution >= 0.6 is 0 Å². The molecule has 0 heterocycles. The van der Waals surface area contributed by atoms with Gasteiger partial charge in [-0.3, -0.25) is 0 Å². The number of aliphatic imine (C=N–C) groups is 1. The zero-order valence-electron chi connectivity index (χ0n) is 6.81. The molecule has 56 valence electrons. The molecular weight excluding hydrogens is 124 g/mol. The van der Waals surface area contributed by atoms with Crippen LogP contribution in [0.5, 0.6) is 0 Å². The van der Waals surface area contributed by atoms with Crippen LogP contribution in [-0.4, -0.2) is 6.34 Å². The Hall–Kier alpha value is -1.05. The summed E-state index contributed by atoms with van der Waals surface area (Å²) in [6, 6.07) is 0. The van der Waals surface area contributed by atoms with Crippen molar-refractivity contribution in [3.05, 3.63) is 24.0 Å². The summed E-state index contributed by atoms with van der Waals surface area (Å²) in [7, 11) is 0. The van der Waals surface area contributed by atoms with Gasteiger partial charge in [0.25, 0.3) is 0 Å². The second-order valence-corrected chi connectivity index (χ2v) is 2.11. The summed E-state index contributed by atoms with van der Waals surface area (Å²) >= 11 is 0. The van der Waals surface area contributed by atoms with Crippen LogP contribution in [0.3, 0.4) is 0 Å². The molecule has 0 radical (unpaired) electrons. The third kappa shape index (κ3) is 5.09. The number of nitrogens with zero attached hydrogens (tertiary/aromatic N) is 1. The van der Waals surface area contributed by atoms with Crippen molar-refractivity contribution in [1.29, 1.82) is 0 Å². The summed E-state index contributed by atoms with van der Waals surface area (Å²) in [5.41, 5.74) is 1.89. The average Bonchev–Trinajstić information content (AvgIpc) is 1.87. The van der Waals surface area contributed by atoms with Crippen molar-refractivity contribution in [2.75, 3.05) is 0 Å². The molecule has 0 aliphatic rings. The molecule has 0 bridgehead atoms. The number of rotatable bonds is 3. The lowest BCUT2D eigenvalue weighted by atomic mass is 10.5. The standard InChI is InChI=1S/C8H14N2/c1-5-8(4)10-6-9-7(2)3/h5-6H,2H2,1,3-4H3,(H,9,10)/b8-5-. The molecule has 0 aliphatic heterocycles. The highest BCUT2D eigenvalue weighted by molar-refractivity contribution is 5.58. The first kappa shape index (κ1) is 8.95. The average molecular weight is 138 g/mol. The smallest absolute Gasteiger partial charge is 0.0923 e. The van der Waals surface area contributed by atoms with Gasteiger partial charge in [0.05, 0.1) is 6.34 Å². The maximum atomic E-state index is 4.05. The molecule has 0 amide bonds. The van der Waals surface area contributed by atoms with Gasteiger partial charge in [0, 0.05) is 11.4 Å². The van der Waals surface area contributed by atoms with E-state index >= 15 is 0 Å². The van der Waals surface area contributed by atoms with E-state index in [2.05, 4.69) is 16.9 Å². The topological polar surface area (TPSA) is 24.4 Å². The van der Waals surface area contributed by atoms with E-state index < -0.39 is 0 Å². The fourth-order valence-corrected chi connectivity index (χ4v) is 0.319. The Morgan fingerprint density at radius 2 is 2.10 bits per heavy atom. The van der Waals surface area contributed by atoms with Crippen LogP contribution in [0, 0.1) is 0 Å². The minimum atomic E-state index is 0.896. The predicted molar refractivity (Wildman–Crippen MR) is 45.9 cm³/mol. The minimum absolute atomic E-state index is 0.896. The Bertz CT molecular complexity index is 166. The van der Waals surface area contributed by atoms with Crippen molar-refractivity contribution in [1.82, 2.24) is 5.32 Å². The zero-order valence-corrected chi connectivity index (χ0v) is 6.81. The predicted octanol–water partition coefficient (Wildman–Crippen LogP) is 2.06. The Labute approximate surface area is 62.4 Å². The van der Waals surface area contributed by atoms with Crippen molar-refractivity contribution in [2.24, 2.45) is 4.99 Å². The molecule has 2 heteroatoms. The third-order valence-electron chi connectivity index (χ3n) is 0.997. The molecule has 0 spiro atoms. The number of hydrogen-bond acceptors (Lipinski definition) is 1. The summed E-state index contributed by atoms with van der Waals surface area (Å²) in [5, 5.41) is 2.88. The largest absolute Gasteiger partial charge is 0.351 e. The fourth-order valence-electron chi connectivity index (χ4n) is 0.319. The second kappa shape index (κ2) is 4.79. The van der Waals surface area contributed by atoms with Crippen molar-refractivity contribution in [2.45, 2.75) is 20.8 Å². The van der Waals surface area contributed by atoms with Gasteiger partial charge in [-0.15, -0.1) is 0 Å². The van der Waals surface area contributed by atoms with E-state index in [0.717, 1.165) is 11.4 Å². The first-order valence-corrected chi connectivity index (χ1v) is 3.24. The van der Waals surface area contributed by atoms with Crippen LogP contribution < -0.4 is 5.32 Å². The zero-order chi connectivity index (χ0) is 7.98. The Kier molecular flexibility index (Phi) is 4.29. The van der Waals surface area contributed by atoms with Crippen LogP contribution in [-0.2, 0) is 0 Å². The molecule has 0 aromatic rings. The van der Waals surface area contributed by atoms with E-state index in [1.807, 2.05) is 26.8 Å². The van der Waals surface area contributed by atoms with E-state index in [1.165, 1.54) is 0 Å². The lowest BCUT2D eigenvalue weighted by molar-refractivity contribution is 1.14. The minimum Gasteiger partial charge on any atom is -0.351 e. The summed E-state index contributed by atoms with van der Waals surface area (Å²) in [4.78, 5) is 4.05. The maximum absolute atomic E-state index is 4.05. The van der Waals surface area contributed by atoms with Gasteiger partial charge in [-0.25, -0.2) is 4.99 Å². The second-order valence-electron chi connectivity index (χ2n) is 2.11. The molecule has 0 aliphatic carbocycles. The van der Waals surface area contributed by atoms with E-state index in [9.17, 15) is 0 Å². The van der Waals surface area contributed by atoms with Gasteiger partial charge < -0.3 is 5.32 Å². The van der Waals surface area contributed by atoms with Crippen molar-refractivity contribution in [3.63, 3.8) is 0 Å². The van der Waals surface area contributed by atoms with Gasteiger partial charge in [-0.05, 0) is 20.8 Å². The Balaban J connectivity index is 3.67. The monoisotopic (exact) mass is 138 g/mol. The Morgan fingerprint density at radius 1 is 1.50 bits per heavy atom. The van der Waals surface area contributed by atoms with Gasteiger partial charge in [-0.1, -0.05) is 12.7 Å². The lowest BCUT2D eigenvalue weighted by Crippen LogP contribution is -2.05. The van der Waals surface area contributed by atoms with Crippen molar-refractivity contribution < 1.29 is 0 Å². The quantitative estimate of drug-likeness (QED) is 0.468. The first-order chi connectivity index (χ1) is 4.66. The SMILES string of the molecule is C=C(C)NC=N/C(C)=C\C. The molecule has 0 unspecified atom stereocenters. The normalized spacial score (nSPS) is 12.1. The molecule has 0 saturated heterocycles. The molecule has 0 aromatic carbocycles. The van der Waals surface area contributed by atoms with Crippen LogP contribution in [0.15, 0.2) is 29.0 Å². The van der Waals surface area contributed by atoms with Gasteiger partial charge in [0.2, 0.25) is 0 Å². The highest BCUT2D eigenvalue weighted by Crippen LogP contribution is 1.89. The third-order valence-corrected chi connectivity index (χ3v) is 0.997. The van der Waals surface area contributed by atoms with Crippen LogP contribution in [0.1, 0.15) is 20.8 Å². The van der Waals surface area contributed by atoms with E-state index in [4.69, 9.17) is 0 Å². The molecule has 10 heavy (non-hydrogen) atoms. The Morgan fingerprint density at radius 3 is 2.50 bits per heavy atom. The molecule has 0 atom stereocenters. The molecule has 0 fully saturated rings. The maximum Gasteiger partial charge on any atom is 0.0923 e. The number of nitrogens with one attached hydrogen (secondary N) is 1. The van der Waals surface area contributed by atoms with Crippen molar-refractivity contribution >= 4 is 6.34 Å². The molecule has 1 N–H and O–H groups in total. The van der Waals surface area contributed by atoms with Crippen LogP contribution in [0.2, 0.25) is 0 Å². The van der Waals surface area contributed by atoms with Gasteiger partial charge in [0.1, 0.15) is 0 Å². The summed E-state index contributed by atoms with van der Waals surface area (Å²) in [6.07, 6.45) is 3.58. The number of hydrogen-bond donors (Lipinski definition) is 1. The highest BCUT2D eigenvalue weighted by atomic mass is 14.9. The lowest BCUT2D eigenvalue weighted by Gasteiger charge is -1.94. The summed E-state index contributed by atoms with van der Waals surface area (Å²) < 4.78 is 0. The van der Waals surface area contributed by atoms with Crippen molar-refractivity contribution in [3.8, 4) is 0 Å². The van der Waals surface area contributed by atoms with E-state index in [0.29, 0.717) is 0 Å².